The average molecular weight is 353 g/mol. The zero-order chi connectivity index (χ0) is 18.5. The summed E-state index contributed by atoms with van der Waals surface area (Å²) in [6, 6.07) is 10.2. The molecule has 0 saturated heterocycles. The Bertz CT molecular complexity index is 798. The molecule has 0 radical (unpaired) electrons. The Morgan fingerprint density at radius 3 is 2.50 bits per heavy atom. The van der Waals surface area contributed by atoms with Crippen LogP contribution in [-0.2, 0) is 30.5 Å². The predicted molar refractivity (Wildman–Crippen MR) is 103 cm³/mol. The Hall–Kier alpha value is -2.49. The number of hydrogen-bond donors (Lipinski definition) is 1. The largest absolute Gasteiger partial charge is 0.493 e. The fraction of sp³-hybridized carbons (Fsp3) is 0.409. The van der Waals surface area contributed by atoms with Gasteiger partial charge in [-0.25, -0.2) is 0 Å². The fourth-order valence-corrected chi connectivity index (χ4v) is 3.64. The van der Waals surface area contributed by atoms with E-state index in [1.807, 2.05) is 18.2 Å². The highest BCUT2D eigenvalue weighted by molar-refractivity contribution is 5.78. The molecule has 0 aliphatic heterocycles. The van der Waals surface area contributed by atoms with Crippen LogP contribution in [0.1, 0.15) is 34.2 Å². The molecular weight excluding hydrogens is 326 g/mol. The number of aryl methyl sites for hydroxylation is 3. The number of hydrogen-bond acceptors (Lipinski definition) is 3. The maximum absolute atomic E-state index is 12.2. The summed E-state index contributed by atoms with van der Waals surface area (Å²) in [4.78, 5) is 12.2. The van der Waals surface area contributed by atoms with Gasteiger partial charge in [0.2, 0.25) is 5.91 Å². The van der Waals surface area contributed by atoms with Gasteiger partial charge in [-0.1, -0.05) is 18.2 Å². The zero-order valence-electron chi connectivity index (χ0n) is 15.9. The molecule has 0 atom stereocenters. The molecule has 1 N–H and O–H groups in total. The van der Waals surface area contributed by atoms with Gasteiger partial charge >= 0.3 is 0 Å². The Morgan fingerprint density at radius 2 is 1.77 bits per heavy atom. The molecule has 0 spiro atoms. The number of methoxy groups -OCH3 is 2. The van der Waals surface area contributed by atoms with Crippen LogP contribution in [0.25, 0.3) is 0 Å². The van der Waals surface area contributed by atoms with E-state index in [1.165, 1.54) is 41.5 Å². The van der Waals surface area contributed by atoms with E-state index in [-0.39, 0.29) is 5.91 Å². The lowest BCUT2D eigenvalue weighted by atomic mass is 9.99. The number of amides is 1. The highest BCUT2D eigenvalue weighted by Gasteiger charge is 2.13. The first-order valence-corrected chi connectivity index (χ1v) is 9.19. The molecule has 1 aliphatic carbocycles. The van der Waals surface area contributed by atoms with E-state index < -0.39 is 0 Å². The second kappa shape index (κ2) is 8.26. The number of nitrogens with one attached hydrogen (secondary N) is 1. The van der Waals surface area contributed by atoms with Gasteiger partial charge in [-0.15, -0.1) is 0 Å². The monoisotopic (exact) mass is 353 g/mol. The van der Waals surface area contributed by atoms with Crippen LogP contribution in [0.3, 0.4) is 0 Å². The zero-order valence-corrected chi connectivity index (χ0v) is 15.9. The van der Waals surface area contributed by atoms with Crippen molar-refractivity contribution in [3.05, 3.63) is 58.1 Å². The van der Waals surface area contributed by atoms with Gasteiger partial charge in [-0.2, -0.15) is 0 Å². The summed E-state index contributed by atoms with van der Waals surface area (Å²) in [5.41, 5.74) is 6.58. The van der Waals surface area contributed by atoms with Crippen LogP contribution in [-0.4, -0.2) is 26.7 Å². The second-order valence-corrected chi connectivity index (χ2v) is 6.87. The number of rotatable bonds is 7. The summed E-state index contributed by atoms with van der Waals surface area (Å²) in [7, 11) is 3.20. The van der Waals surface area contributed by atoms with E-state index in [0.717, 1.165) is 12.0 Å². The van der Waals surface area contributed by atoms with E-state index in [0.29, 0.717) is 24.5 Å². The first-order chi connectivity index (χ1) is 12.6. The summed E-state index contributed by atoms with van der Waals surface area (Å²) in [6.07, 6.45) is 4.87. The topological polar surface area (TPSA) is 47.6 Å². The highest BCUT2D eigenvalue weighted by atomic mass is 16.5. The smallest absolute Gasteiger partial charge is 0.224 e. The second-order valence-electron chi connectivity index (χ2n) is 6.87. The third kappa shape index (κ3) is 4.18. The van der Waals surface area contributed by atoms with E-state index in [1.54, 1.807) is 14.2 Å². The molecule has 2 aromatic carbocycles. The molecule has 26 heavy (non-hydrogen) atoms. The molecule has 0 fully saturated rings. The summed E-state index contributed by atoms with van der Waals surface area (Å²) >= 11 is 0. The van der Waals surface area contributed by atoms with Crippen LogP contribution in [0.2, 0.25) is 0 Å². The van der Waals surface area contributed by atoms with Gasteiger partial charge < -0.3 is 14.8 Å². The van der Waals surface area contributed by atoms with Gasteiger partial charge in [-0.3, -0.25) is 4.79 Å². The van der Waals surface area contributed by atoms with Crippen molar-refractivity contribution in [3.63, 3.8) is 0 Å². The molecule has 0 heterocycles. The minimum Gasteiger partial charge on any atom is -0.493 e. The SMILES string of the molecule is COc1ccc(CC(=O)NCCc2cc3c(cc2C)CCC3)cc1OC. The molecule has 0 unspecified atom stereocenters. The van der Waals surface area contributed by atoms with Crippen LogP contribution in [0.5, 0.6) is 11.5 Å². The Balaban J connectivity index is 1.53. The van der Waals surface area contributed by atoms with Crippen molar-refractivity contribution in [2.45, 2.75) is 39.0 Å². The average Bonchev–Trinajstić information content (AvgIpc) is 3.08. The lowest BCUT2D eigenvalue weighted by molar-refractivity contribution is -0.120. The molecule has 0 bridgehead atoms. The van der Waals surface area contributed by atoms with Crippen molar-refractivity contribution in [2.75, 3.05) is 20.8 Å². The van der Waals surface area contributed by atoms with Gasteiger partial charge in [0.05, 0.1) is 20.6 Å². The fourth-order valence-electron chi connectivity index (χ4n) is 3.64. The Kier molecular flexibility index (Phi) is 5.82. The lowest BCUT2D eigenvalue weighted by Crippen LogP contribution is -2.27. The molecule has 4 nitrogen and oxygen atoms in total. The molecule has 0 aromatic heterocycles. The van der Waals surface area contributed by atoms with Gasteiger partial charge in [0.15, 0.2) is 11.5 Å². The van der Waals surface area contributed by atoms with Crippen molar-refractivity contribution in [2.24, 2.45) is 0 Å². The maximum atomic E-state index is 12.2. The van der Waals surface area contributed by atoms with Crippen LogP contribution in [0.15, 0.2) is 30.3 Å². The number of carbonyl (C=O) groups excluding carboxylic acids is 1. The van der Waals surface area contributed by atoms with Crippen LogP contribution >= 0.6 is 0 Å². The van der Waals surface area contributed by atoms with E-state index in [4.69, 9.17) is 9.47 Å². The third-order valence-electron chi connectivity index (χ3n) is 5.08. The van der Waals surface area contributed by atoms with Crippen LogP contribution in [0.4, 0.5) is 0 Å². The van der Waals surface area contributed by atoms with Crippen molar-refractivity contribution >= 4 is 5.91 Å². The van der Waals surface area contributed by atoms with Crippen LogP contribution < -0.4 is 14.8 Å². The predicted octanol–water partition coefficient (Wildman–Crippen LogP) is 3.40. The van der Waals surface area contributed by atoms with E-state index in [9.17, 15) is 4.79 Å². The van der Waals surface area contributed by atoms with Crippen molar-refractivity contribution in [1.82, 2.24) is 5.32 Å². The quantitative estimate of drug-likeness (QED) is 0.830. The molecule has 3 rings (SSSR count). The maximum Gasteiger partial charge on any atom is 0.224 e. The van der Waals surface area contributed by atoms with Gasteiger partial charge in [-0.05, 0) is 72.6 Å². The molecule has 0 saturated carbocycles. The minimum atomic E-state index is 0.0241. The number of fused-ring (bicyclic) bond motifs is 1. The van der Waals surface area contributed by atoms with Gasteiger partial charge in [0, 0.05) is 6.54 Å². The molecule has 1 amide bonds. The summed E-state index contributed by atoms with van der Waals surface area (Å²) in [5, 5.41) is 3.03. The standard InChI is InChI=1S/C22H27NO3/c1-15-11-18-5-4-6-19(18)14-17(15)9-10-23-22(24)13-16-7-8-20(25-2)21(12-16)26-3/h7-8,11-12,14H,4-6,9-10,13H2,1-3H3,(H,23,24). The highest BCUT2D eigenvalue weighted by Crippen LogP contribution is 2.28. The first kappa shape index (κ1) is 18.3. The van der Waals surface area contributed by atoms with E-state index in [2.05, 4.69) is 24.4 Å². The Labute approximate surface area is 155 Å². The third-order valence-corrected chi connectivity index (χ3v) is 5.08. The number of carbonyl (C=O) groups is 1. The van der Waals surface area contributed by atoms with Crippen molar-refractivity contribution < 1.29 is 14.3 Å². The van der Waals surface area contributed by atoms with Crippen molar-refractivity contribution in [1.29, 1.82) is 0 Å². The number of benzene rings is 2. The summed E-state index contributed by atoms with van der Waals surface area (Å²) in [6.45, 7) is 2.82. The van der Waals surface area contributed by atoms with Gasteiger partial charge in [0.1, 0.15) is 0 Å². The molecule has 2 aromatic rings. The molecule has 4 heteroatoms. The minimum absolute atomic E-state index is 0.0241. The van der Waals surface area contributed by atoms with Crippen molar-refractivity contribution in [3.8, 4) is 11.5 Å². The Morgan fingerprint density at radius 1 is 1.04 bits per heavy atom. The lowest BCUT2D eigenvalue weighted by Gasteiger charge is -2.11. The molecule has 1 aliphatic rings. The summed E-state index contributed by atoms with van der Waals surface area (Å²) < 4.78 is 10.5. The normalized spacial score (nSPS) is 12.6. The molecule has 138 valence electrons. The summed E-state index contributed by atoms with van der Waals surface area (Å²) in [5.74, 6) is 1.34. The van der Waals surface area contributed by atoms with Gasteiger partial charge in [0.25, 0.3) is 0 Å². The number of ether oxygens (including phenoxy) is 2. The van der Waals surface area contributed by atoms with Crippen LogP contribution in [0, 0.1) is 6.92 Å². The first-order valence-electron chi connectivity index (χ1n) is 9.19. The molecular formula is C22H27NO3. The van der Waals surface area contributed by atoms with E-state index >= 15 is 0 Å².